The fourth-order valence-corrected chi connectivity index (χ4v) is 3.20. The highest BCUT2D eigenvalue weighted by Crippen LogP contribution is 2.32. The van der Waals surface area contributed by atoms with Gasteiger partial charge in [0.2, 0.25) is 5.91 Å². The summed E-state index contributed by atoms with van der Waals surface area (Å²) < 4.78 is 69.8. The molecule has 0 spiro atoms. The minimum absolute atomic E-state index is 0.0708. The van der Waals surface area contributed by atoms with Crippen LogP contribution in [-0.4, -0.2) is 21.7 Å². The molecule has 0 saturated carbocycles. The van der Waals surface area contributed by atoms with Gasteiger partial charge in [0.25, 0.3) is 0 Å². The fourth-order valence-electron chi connectivity index (χ4n) is 3.20. The van der Waals surface area contributed by atoms with E-state index in [0.717, 1.165) is 18.3 Å². The van der Waals surface area contributed by atoms with E-state index in [4.69, 9.17) is 0 Å². The van der Waals surface area contributed by atoms with E-state index >= 15 is 0 Å². The van der Waals surface area contributed by atoms with E-state index in [-0.39, 0.29) is 17.9 Å². The lowest BCUT2D eigenvalue weighted by Crippen LogP contribution is -2.17. The first-order valence-electron chi connectivity index (χ1n) is 9.26. The maximum Gasteiger partial charge on any atom is 0.573 e. The summed E-state index contributed by atoms with van der Waals surface area (Å²) in [6.07, 6.45) is -3.85. The average molecular weight is 447 g/mol. The predicted octanol–water partition coefficient (Wildman–Crippen LogP) is 5.36. The molecule has 0 aliphatic rings. The van der Waals surface area contributed by atoms with Crippen LogP contribution >= 0.6 is 0 Å². The van der Waals surface area contributed by atoms with Crippen LogP contribution in [0.15, 0.2) is 66.9 Å². The molecule has 1 amide bonds. The molecule has 4 aromatic rings. The number of nitrogens with one attached hydrogen (secondary N) is 1. The minimum atomic E-state index is -4.84. The Bertz CT molecular complexity index is 1280. The summed E-state index contributed by atoms with van der Waals surface area (Å²) >= 11 is 0. The van der Waals surface area contributed by atoms with Crippen molar-refractivity contribution in [1.29, 1.82) is 0 Å². The molecule has 2 heterocycles. The zero-order chi connectivity index (χ0) is 22.9. The maximum absolute atomic E-state index is 13.9. The Morgan fingerprint density at radius 3 is 2.44 bits per heavy atom. The number of rotatable bonds is 5. The molecule has 0 unspecified atom stereocenters. The van der Waals surface area contributed by atoms with Gasteiger partial charge in [-0.1, -0.05) is 12.1 Å². The van der Waals surface area contributed by atoms with E-state index in [1.165, 1.54) is 46.9 Å². The molecular formula is C22H14F5N3O2. The van der Waals surface area contributed by atoms with Gasteiger partial charge in [-0.2, -0.15) is 0 Å². The highest BCUT2D eigenvalue weighted by Gasteiger charge is 2.31. The summed E-state index contributed by atoms with van der Waals surface area (Å²) in [6.45, 7) is 0. The molecule has 0 saturated heterocycles. The van der Waals surface area contributed by atoms with Crippen molar-refractivity contribution in [1.82, 2.24) is 9.38 Å². The van der Waals surface area contributed by atoms with Gasteiger partial charge in [0.15, 0.2) is 5.82 Å². The van der Waals surface area contributed by atoms with Crippen LogP contribution in [-0.2, 0) is 11.2 Å². The molecule has 1 N–H and O–H groups in total. The number of aromatic nitrogens is 2. The third-order valence-electron chi connectivity index (χ3n) is 4.46. The standard InChI is InChI=1S/C22H14F5N3O2/c23-15-3-1-2-13(10-15)11-19(31)29-21-20(30-12-16(24)6-9-18(30)28-21)14-4-7-17(8-5-14)32-22(25,26)27/h1-10,12H,11H2,(H,29,31). The first-order valence-corrected chi connectivity index (χ1v) is 9.26. The predicted molar refractivity (Wildman–Crippen MR) is 106 cm³/mol. The molecular weight excluding hydrogens is 433 g/mol. The minimum Gasteiger partial charge on any atom is -0.406 e. The second kappa shape index (κ2) is 8.29. The number of ether oxygens (including phenoxy) is 1. The molecule has 32 heavy (non-hydrogen) atoms. The van der Waals surface area contributed by atoms with Crippen LogP contribution in [0, 0.1) is 11.6 Å². The van der Waals surface area contributed by atoms with Gasteiger partial charge < -0.3 is 10.1 Å². The van der Waals surface area contributed by atoms with Crippen molar-refractivity contribution in [2.24, 2.45) is 0 Å². The average Bonchev–Trinajstić information content (AvgIpc) is 3.04. The number of hydrogen-bond acceptors (Lipinski definition) is 3. The normalized spacial score (nSPS) is 11.5. The smallest absolute Gasteiger partial charge is 0.406 e. The van der Waals surface area contributed by atoms with E-state index in [2.05, 4.69) is 15.0 Å². The molecule has 2 aromatic heterocycles. The van der Waals surface area contributed by atoms with Crippen LogP contribution in [0.5, 0.6) is 5.75 Å². The number of carbonyl (C=O) groups is 1. The Hall–Kier alpha value is -3.95. The Labute approximate surface area is 178 Å². The van der Waals surface area contributed by atoms with Crippen molar-refractivity contribution in [2.75, 3.05) is 5.32 Å². The number of imidazole rings is 1. The second-order valence-corrected chi connectivity index (χ2v) is 6.81. The van der Waals surface area contributed by atoms with Crippen molar-refractivity contribution in [3.05, 3.63) is 84.1 Å². The summed E-state index contributed by atoms with van der Waals surface area (Å²) in [7, 11) is 0. The third kappa shape index (κ3) is 4.85. The van der Waals surface area contributed by atoms with Gasteiger partial charge in [0, 0.05) is 11.8 Å². The lowest BCUT2D eigenvalue weighted by molar-refractivity contribution is -0.274. The highest BCUT2D eigenvalue weighted by atomic mass is 19.4. The van der Waals surface area contributed by atoms with Crippen LogP contribution in [0.2, 0.25) is 0 Å². The van der Waals surface area contributed by atoms with Gasteiger partial charge in [-0.15, -0.1) is 13.2 Å². The lowest BCUT2D eigenvalue weighted by Gasteiger charge is -2.10. The number of benzene rings is 2. The molecule has 0 bridgehead atoms. The highest BCUT2D eigenvalue weighted by molar-refractivity contribution is 5.95. The number of nitrogens with zero attached hydrogens (tertiary/aromatic N) is 2. The Morgan fingerprint density at radius 1 is 1.00 bits per heavy atom. The van der Waals surface area contributed by atoms with Gasteiger partial charge in [-0.25, -0.2) is 13.8 Å². The number of hydrogen-bond donors (Lipinski definition) is 1. The monoisotopic (exact) mass is 447 g/mol. The number of amides is 1. The Morgan fingerprint density at radius 2 is 1.75 bits per heavy atom. The van der Waals surface area contributed by atoms with Crippen molar-refractivity contribution in [3.8, 4) is 17.0 Å². The zero-order valence-corrected chi connectivity index (χ0v) is 16.2. The van der Waals surface area contributed by atoms with Gasteiger partial charge in [-0.3, -0.25) is 9.20 Å². The molecule has 0 aliphatic heterocycles. The molecule has 164 valence electrons. The Kier molecular flexibility index (Phi) is 5.52. The van der Waals surface area contributed by atoms with Gasteiger partial charge in [0.05, 0.1) is 12.1 Å². The molecule has 0 aliphatic carbocycles. The topological polar surface area (TPSA) is 55.6 Å². The van der Waals surface area contributed by atoms with Crippen LogP contribution in [0.25, 0.3) is 16.9 Å². The lowest BCUT2D eigenvalue weighted by atomic mass is 10.1. The van der Waals surface area contributed by atoms with Crippen molar-refractivity contribution in [3.63, 3.8) is 0 Å². The molecule has 5 nitrogen and oxygen atoms in total. The largest absolute Gasteiger partial charge is 0.573 e. The fraction of sp³-hybridized carbons (Fsp3) is 0.0909. The maximum atomic E-state index is 13.9. The summed E-state index contributed by atoms with van der Waals surface area (Å²) in [5, 5.41) is 2.61. The Balaban J connectivity index is 1.68. The molecule has 0 atom stereocenters. The summed E-state index contributed by atoms with van der Waals surface area (Å²) in [5.41, 5.74) is 1.36. The quantitative estimate of drug-likeness (QED) is 0.419. The summed E-state index contributed by atoms with van der Waals surface area (Å²) in [4.78, 5) is 16.8. The number of anilines is 1. The van der Waals surface area contributed by atoms with Gasteiger partial charge in [-0.05, 0) is 54.1 Å². The first kappa shape index (κ1) is 21.3. The number of carbonyl (C=O) groups excluding carboxylic acids is 1. The second-order valence-electron chi connectivity index (χ2n) is 6.81. The van der Waals surface area contributed by atoms with E-state index in [9.17, 15) is 26.7 Å². The molecule has 0 fully saturated rings. The number of pyridine rings is 1. The zero-order valence-electron chi connectivity index (χ0n) is 16.2. The number of alkyl halides is 3. The van der Waals surface area contributed by atoms with E-state index in [1.54, 1.807) is 6.07 Å². The van der Waals surface area contributed by atoms with E-state index in [1.807, 2.05) is 0 Å². The molecule has 2 aromatic carbocycles. The van der Waals surface area contributed by atoms with Crippen LogP contribution in [0.4, 0.5) is 27.8 Å². The van der Waals surface area contributed by atoms with Gasteiger partial charge in [0.1, 0.15) is 23.0 Å². The number of halogens is 5. The summed E-state index contributed by atoms with van der Waals surface area (Å²) in [5.74, 6) is -1.93. The SMILES string of the molecule is O=C(Cc1cccc(F)c1)Nc1nc2ccc(F)cn2c1-c1ccc(OC(F)(F)F)cc1. The van der Waals surface area contributed by atoms with Crippen molar-refractivity contribution < 1.29 is 31.5 Å². The summed E-state index contributed by atoms with van der Waals surface area (Å²) in [6, 6.07) is 13.0. The number of fused-ring (bicyclic) bond motifs is 1. The first-order chi connectivity index (χ1) is 15.2. The van der Waals surface area contributed by atoms with Crippen LogP contribution in [0.1, 0.15) is 5.56 Å². The van der Waals surface area contributed by atoms with Crippen LogP contribution in [0.3, 0.4) is 0 Å². The van der Waals surface area contributed by atoms with E-state index < -0.39 is 29.7 Å². The van der Waals surface area contributed by atoms with E-state index in [0.29, 0.717) is 16.8 Å². The molecule has 0 radical (unpaired) electrons. The molecule has 4 rings (SSSR count). The third-order valence-corrected chi connectivity index (χ3v) is 4.46. The van der Waals surface area contributed by atoms with Crippen molar-refractivity contribution in [2.45, 2.75) is 12.8 Å². The van der Waals surface area contributed by atoms with Gasteiger partial charge >= 0.3 is 6.36 Å². The molecule has 10 heteroatoms. The van der Waals surface area contributed by atoms with Crippen LogP contribution < -0.4 is 10.1 Å². The van der Waals surface area contributed by atoms with Crippen molar-refractivity contribution >= 4 is 17.4 Å².